The number of imide groups is 1. The average molecular weight is 306 g/mol. The van der Waals surface area contributed by atoms with E-state index in [1.165, 1.54) is 13.3 Å². The number of hydrazone groups is 1. The number of nitrogens with two attached hydrogens (primary N) is 1. The first-order chi connectivity index (χ1) is 10.5. The Bertz CT molecular complexity index is 643. The molecule has 1 aliphatic rings. The molecule has 1 heterocycles. The predicted molar refractivity (Wildman–Crippen MR) is 75.5 cm³/mol. The Kier molecular flexibility index (Phi) is 4.57. The molecule has 1 aliphatic heterocycles. The number of hydrogen-bond donors (Lipinski definition) is 2. The highest BCUT2D eigenvalue weighted by Crippen LogP contribution is 2.27. The number of primary amides is 1. The largest absolute Gasteiger partial charge is 0.493 e. The number of ether oxygens (including phenoxy) is 2. The van der Waals surface area contributed by atoms with Crippen LogP contribution in [0.25, 0.3) is 0 Å². The number of carbonyl (C=O) groups excluding carboxylic acids is 3. The number of nitrogens with zero attached hydrogens (tertiary/aromatic N) is 2. The Labute approximate surface area is 125 Å². The lowest BCUT2D eigenvalue weighted by Crippen LogP contribution is -2.24. The van der Waals surface area contributed by atoms with Gasteiger partial charge in [-0.3, -0.25) is 14.9 Å². The van der Waals surface area contributed by atoms with E-state index in [2.05, 4.69) is 10.4 Å². The molecule has 0 bridgehead atoms. The van der Waals surface area contributed by atoms with Crippen molar-refractivity contribution in [3.8, 4) is 11.5 Å². The quantitative estimate of drug-likeness (QED) is 0.539. The molecular weight excluding hydrogens is 292 g/mol. The van der Waals surface area contributed by atoms with Crippen LogP contribution in [-0.2, 0) is 9.59 Å². The van der Waals surface area contributed by atoms with E-state index in [1.807, 2.05) is 0 Å². The van der Waals surface area contributed by atoms with E-state index in [1.54, 1.807) is 18.2 Å². The second kappa shape index (κ2) is 6.57. The number of carbonyl (C=O) groups is 3. The molecule has 0 atom stereocenters. The molecule has 0 unspecified atom stereocenters. The summed E-state index contributed by atoms with van der Waals surface area (Å²) in [4.78, 5) is 33.1. The number of benzene rings is 1. The summed E-state index contributed by atoms with van der Waals surface area (Å²) in [7, 11) is 1.44. The van der Waals surface area contributed by atoms with E-state index in [4.69, 9.17) is 15.2 Å². The summed E-state index contributed by atoms with van der Waals surface area (Å²) >= 11 is 0. The summed E-state index contributed by atoms with van der Waals surface area (Å²) in [6.45, 7) is -0.383. The third kappa shape index (κ3) is 3.72. The van der Waals surface area contributed by atoms with Crippen molar-refractivity contribution in [1.82, 2.24) is 10.3 Å². The highest BCUT2D eigenvalue weighted by Gasteiger charge is 2.25. The highest BCUT2D eigenvalue weighted by molar-refractivity contribution is 6.02. The van der Waals surface area contributed by atoms with Gasteiger partial charge in [0.2, 0.25) is 5.91 Å². The number of methoxy groups -OCH3 is 1. The number of urea groups is 1. The molecule has 4 amide bonds. The van der Waals surface area contributed by atoms with Crippen LogP contribution in [0.3, 0.4) is 0 Å². The van der Waals surface area contributed by atoms with Crippen LogP contribution in [-0.4, -0.2) is 49.3 Å². The molecule has 9 heteroatoms. The minimum Gasteiger partial charge on any atom is -0.493 e. The average Bonchev–Trinajstić information content (AvgIpc) is 2.81. The number of nitrogens with one attached hydrogen (secondary N) is 1. The van der Waals surface area contributed by atoms with Crippen molar-refractivity contribution in [2.45, 2.75) is 0 Å². The van der Waals surface area contributed by atoms with Gasteiger partial charge in [-0.2, -0.15) is 5.10 Å². The summed E-state index contributed by atoms with van der Waals surface area (Å²) in [5.74, 6) is -0.271. The van der Waals surface area contributed by atoms with Gasteiger partial charge in [-0.05, 0) is 23.8 Å². The Morgan fingerprint density at radius 3 is 2.82 bits per heavy atom. The van der Waals surface area contributed by atoms with Gasteiger partial charge < -0.3 is 15.2 Å². The summed E-state index contributed by atoms with van der Waals surface area (Å²) in [5, 5.41) is 7.02. The predicted octanol–water partition coefficient (Wildman–Crippen LogP) is -0.555. The van der Waals surface area contributed by atoms with Crippen molar-refractivity contribution < 1.29 is 23.9 Å². The van der Waals surface area contributed by atoms with Crippen LogP contribution in [0, 0.1) is 0 Å². The molecule has 1 aromatic carbocycles. The fraction of sp³-hybridized carbons (Fsp3) is 0.231. The second-order valence-electron chi connectivity index (χ2n) is 4.32. The molecular formula is C13H14N4O5. The van der Waals surface area contributed by atoms with Crippen molar-refractivity contribution in [3.63, 3.8) is 0 Å². The summed E-state index contributed by atoms with van der Waals surface area (Å²) in [6.07, 6.45) is 1.40. The van der Waals surface area contributed by atoms with Gasteiger partial charge in [0.15, 0.2) is 18.1 Å². The fourth-order valence-corrected chi connectivity index (χ4v) is 1.69. The Morgan fingerprint density at radius 1 is 1.45 bits per heavy atom. The lowest BCUT2D eigenvalue weighted by Gasteiger charge is -2.10. The number of hydrogen-bond acceptors (Lipinski definition) is 6. The van der Waals surface area contributed by atoms with Crippen LogP contribution in [0.15, 0.2) is 23.3 Å². The Balaban J connectivity index is 2.10. The van der Waals surface area contributed by atoms with Gasteiger partial charge in [-0.15, -0.1) is 0 Å². The first-order valence-corrected chi connectivity index (χ1v) is 6.24. The molecule has 0 saturated carbocycles. The van der Waals surface area contributed by atoms with Gasteiger partial charge in [0, 0.05) is 0 Å². The zero-order valence-electron chi connectivity index (χ0n) is 11.7. The topological polar surface area (TPSA) is 123 Å². The van der Waals surface area contributed by atoms with Crippen LogP contribution < -0.4 is 20.5 Å². The second-order valence-corrected chi connectivity index (χ2v) is 4.32. The molecule has 22 heavy (non-hydrogen) atoms. The van der Waals surface area contributed by atoms with E-state index in [9.17, 15) is 14.4 Å². The van der Waals surface area contributed by atoms with Crippen molar-refractivity contribution in [3.05, 3.63) is 23.8 Å². The van der Waals surface area contributed by atoms with Gasteiger partial charge in [-0.25, -0.2) is 9.80 Å². The maximum atomic E-state index is 11.3. The van der Waals surface area contributed by atoms with Gasteiger partial charge in [-0.1, -0.05) is 0 Å². The summed E-state index contributed by atoms with van der Waals surface area (Å²) in [5.41, 5.74) is 5.63. The van der Waals surface area contributed by atoms with Gasteiger partial charge in [0.05, 0.1) is 13.3 Å². The molecule has 1 aromatic rings. The molecule has 0 aromatic heterocycles. The van der Waals surface area contributed by atoms with Crippen molar-refractivity contribution in [1.29, 1.82) is 0 Å². The fourth-order valence-electron chi connectivity index (χ4n) is 1.69. The van der Waals surface area contributed by atoms with E-state index >= 15 is 0 Å². The molecule has 1 saturated heterocycles. The zero-order chi connectivity index (χ0) is 16.1. The van der Waals surface area contributed by atoms with Gasteiger partial charge in [0.25, 0.3) is 5.91 Å². The molecule has 116 valence electrons. The minimum absolute atomic E-state index is 0.119. The van der Waals surface area contributed by atoms with E-state index < -0.39 is 17.8 Å². The summed E-state index contributed by atoms with van der Waals surface area (Å²) in [6, 6.07) is 4.26. The van der Waals surface area contributed by atoms with Gasteiger partial charge in [0.1, 0.15) is 6.54 Å². The molecule has 2 rings (SSSR count). The maximum absolute atomic E-state index is 11.3. The van der Waals surface area contributed by atoms with Crippen molar-refractivity contribution in [2.24, 2.45) is 10.8 Å². The molecule has 0 spiro atoms. The lowest BCUT2D eigenvalue weighted by molar-refractivity contribution is -0.120. The van der Waals surface area contributed by atoms with Crippen molar-refractivity contribution in [2.75, 3.05) is 20.3 Å². The Hall–Kier alpha value is -3.10. The van der Waals surface area contributed by atoms with Crippen LogP contribution in [0.2, 0.25) is 0 Å². The van der Waals surface area contributed by atoms with Gasteiger partial charge >= 0.3 is 6.03 Å². The molecule has 0 radical (unpaired) electrons. The highest BCUT2D eigenvalue weighted by atomic mass is 16.5. The summed E-state index contributed by atoms with van der Waals surface area (Å²) < 4.78 is 10.3. The van der Waals surface area contributed by atoms with Crippen LogP contribution in [0.4, 0.5) is 4.79 Å². The standard InChI is InChI=1S/C13H14N4O5/c1-21-10-4-8(2-3-9(10)22-7-11(14)18)5-15-17-6-12(19)16-13(17)20/h2-5H,6-7H2,1H3,(H2,14,18)(H,16,19,20). The number of amides is 4. The first-order valence-electron chi connectivity index (χ1n) is 6.24. The third-order valence-electron chi connectivity index (χ3n) is 2.68. The van der Waals surface area contributed by atoms with E-state index in [0.717, 1.165) is 5.01 Å². The van der Waals surface area contributed by atoms with E-state index in [0.29, 0.717) is 17.1 Å². The van der Waals surface area contributed by atoms with Crippen LogP contribution >= 0.6 is 0 Å². The molecule has 9 nitrogen and oxygen atoms in total. The zero-order valence-corrected chi connectivity index (χ0v) is 11.7. The Morgan fingerprint density at radius 2 is 2.23 bits per heavy atom. The normalized spacial score (nSPS) is 14.3. The molecule has 3 N–H and O–H groups in total. The first kappa shape index (κ1) is 15.3. The lowest BCUT2D eigenvalue weighted by atomic mass is 10.2. The van der Waals surface area contributed by atoms with Crippen LogP contribution in [0.5, 0.6) is 11.5 Å². The maximum Gasteiger partial charge on any atom is 0.344 e. The third-order valence-corrected chi connectivity index (χ3v) is 2.68. The molecule has 1 fully saturated rings. The van der Waals surface area contributed by atoms with E-state index in [-0.39, 0.29) is 13.2 Å². The number of rotatable bonds is 6. The van der Waals surface area contributed by atoms with Crippen molar-refractivity contribution >= 4 is 24.1 Å². The SMILES string of the molecule is COc1cc(C=NN2CC(=O)NC2=O)ccc1OCC(N)=O. The monoisotopic (exact) mass is 306 g/mol. The molecule has 0 aliphatic carbocycles. The smallest absolute Gasteiger partial charge is 0.344 e. The minimum atomic E-state index is -0.600. The van der Waals surface area contributed by atoms with Crippen LogP contribution in [0.1, 0.15) is 5.56 Å².